The Hall–Kier alpha value is -1.07. The zero-order chi connectivity index (χ0) is 19.4. The van der Waals surface area contributed by atoms with Crippen molar-refractivity contribution in [2.45, 2.75) is 20.4 Å². The van der Waals surface area contributed by atoms with Gasteiger partial charge in [0.25, 0.3) is 0 Å². The second-order valence-electron chi connectivity index (χ2n) is 5.91. The number of hydrogen-bond acceptors (Lipinski definition) is 5. The number of sulfone groups is 1. The lowest BCUT2D eigenvalue weighted by Crippen LogP contribution is -2.38. The number of guanidine groups is 1. The van der Waals surface area contributed by atoms with E-state index in [1.807, 2.05) is 50.1 Å². The monoisotopic (exact) mass is 513 g/mol. The lowest BCUT2D eigenvalue weighted by atomic mass is 10.2. The molecule has 9 heteroatoms. The summed E-state index contributed by atoms with van der Waals surface area (Å²) in [4.78, 5) is 6.56. The zero-order valence-electron chi connectivity index (χ0n) is 16.6. The second kappa shape index (κ2) is 14.0. The largest absolute Gasteiger partial charge is 0.494 e. The first kappa shape index (κ1) is 25.9. The van der Waals surface area contributed by atoms with Crippen LogP contribution in [0.25, 0.3) is 0 Å². The zero-order valence-corrected chi connectivity index (χ0v) is 19.7. The molecule has 27 heavy (non-hydrogen) atoms. The predicted molar refractivity (Wildman–Crippen MR) is 121 cm³/mol. The Balaban J connectivity index is 0.00000676. The summed E-state index contributed by atoms with van der Waals surface area (Å²) in [6.45, 7) is 7.18. The van der Waals surface area contributed by atoms with Gasteiger partial charge in [0.15, 0.2) is 5.96 Å². The van der Waals surface area contributed by atoms with Gasteiger partial charge in [-0.2, -0.15) is 0 Å². The Bertz CT molecular complexity index is 651. The first-order valence-electron chi connectivity index (χ1n) is 8.82. The van der Waals surface area contributed by atoms with Crippen LogP contribution in [-0.2, 0) is 21.1 Å². The number of hydrogen-bond donors (Lipinski definition) is 1. The van der Waals surface area contributed by atoms with Gasteiger partial charge in [-0.05, 0) is 31.5 Å². The minimum atomic E-state index is -2.98. The smallest absolute Gasteiger partial charge is 0.194 e. The fraction of sp³-hybridized carbons (Fsp3) is 0.611. The summed E-state index contributed by atoms with van der Waals surface area (Å²) in [6.07, 6.45) is 1.20. The SMILES string of the molecule is CCNC(=NCCOCCS(C)(=O)=O)N(C)Cc1ccc(OCC)cc1.I. The summed E-state index contributed by atoms with van der Waals surface area (Å²) in [7, 11) is -1.01. The van der Waals surface area contributed by atoms with Gasteiger partial charge >= 0.3 is 0 Å². The minimum absolute atomic E-state index is 0. The molecule has 0 saturated heterocycles. The molecule has 156 valence electrons. The van der Waals surface area contributed by atoms with E-state index in [0.29, 0.717) is 26.3 Å². The lowest BCUT2D eigenvalue weighted by molar-refractivity contribution is 0.157. The van der Waals surface area contributed by atoms with Gasteiger partial charge in [-0.15, -0.1) is 24.0 Å². The van der Waals surface area contributed by atoms with Crippen LogP contribution in [-0.4, -0.2) is 71.2 Å². The summed E-state index contributed by atoms with van der Waals surface area (Å²) in [6, 6.07) is 8.01. The number of nitrogens with zero attached hydrogens (tertiary/aromatic N) is 2. The van der Waals surface area contributed by atoms with E-state index in [2.05, 4.69) is 10.3 Å². The number of ether oxygens (including phenoxy) is 2. The molecule has 1 N–H and O–H groups in total. The highest BCUT2D eigenvalue weighted by Crippen LogP contribution is 2.13. The highest BCUT2D eigenvalue weighted by atomic mass is 127. The summed E-state index contributed by atoms with van der Waals surface area (Å²) >= 11 is 0. The Labute approximate surface area is 180 Å². The van der Waals surface area contributed by atoms with Crippen molar-refractivity contribution in [2.75, 3.05) is 52.0 Å². The molecule has 0 unspecified atom stereocenters. The maximum atomic E-state index is 11.0. The fourth-order valence-electron chi connectivity index (χ4n) is 2.20. The molecule has 1 aromatic rings. The van der Waals surface area contributed by atoms with Gasteiger partial charge < -0.3 is 19.7 Å². The molecule has 0 aliphatic carbocycles. The topological polar surface area (TPSA) is 80.2 Å². The molecule has 7 nitrogen and oxygen atoms in total. The number of rotatable bonds is 11. The Morgan fingerprint density at radius 2 is 1.85 bits per heavy atom. The molecule has 0 radical (unpaired) electrons. The van der Waals surface area contributed by atoms with E-state index >= 15 is 0 Å². The molecule has 0 saturated carbocycles. The highest BCUT2D eigenvalue weighted by Gasteiger charge is 2.07. The maximum Gasteiger partial charge on any atom is 0.194 e. The van der Waals surface area contributed by atoms with Crippen molar-refractivity contribution >= 4 is 39.8 Å². The molecule has 0 fully saturated rings. The quantitative estimate of drug-likeness (QED) is 0.212. The van der Waals surface area contributed by atoms with E-state index in [-0.39, 0.29) is 36.3 Å². The van der Waals surface area contributed by atoms with E-state index in [4.69, 9.17) is 9.47 Å². The molecule has 0 bridgehead atoms. The molecule has 1 aromatic carbocycles. The normalized spacial score (nSPS) is 11.6. The van der Waals surface area contributed by atoms with Crippen molar-refractivity contribution in [3.8, 4) is 5.75 Å². The molecule has 0 heterocycles. The number of benzene rings is 1. The first-order valence-corrected chi connectivity index (χ1v) is 10.9. The Morgan fingerprint density at radius 3 is 2.41 bits per heavy atom. The van der Waals surface area contributed by atoms with Crippen molar-refractivity contribution < 1.29 is 17.9 Å². The van der Waals surface area contributed by atoms with E-state index in [1.165, 1.54) is 6.26 Å². The van der Waals surface area contributed by atoms with Gasteiger partial charge in [0, 0.05) is 26.4 Å². The van der Waals surface area contributed by atoms with Gasteiger partial charge in [0.2, 0.25) is 0 Å². The van der Waals surface area contributed by atoms with Gasteiger partial charge in [-0.1, -0.05) is 12.1 Å². The average molecular weight is 513 g/mol. The predicted octanol–water partition coefficient (Wildman–Crippen LogP) is 2.16. The lowest BCUT2D eigenvalue weighted by Gasteiger charge is -2.22. The van der Waals surface area contributed by atoms with E-state index in [1.54, 1.807) is 0 Å². The Morgan fingerprint density at radius 1 is 1.19 bits per heavy atom. The molecule has 0 aliphatic heterocycles. The van der Waals surface area contributed by atoms with Crippen molar-refractivity contribution in [2.24, 2.45) is 4.99 Å². The molecular formula is C18H32IN3O4S. The van der Waals surface area contributed by atoms with Crippen LogP contribution in [0.3, 0.4) is 0 Å². The van der Waals surface area contributed by atoms with Crippen LogP contribution < -0.4 is 10.1 Å². The van der Waals surface area contributed by atoms with Gasteiger partial charge in [-0.3, -0.25) is 4.99 Å². The van der Waals surface area contributed by atoms with Crippen molar-refractivity contribution in [3.05, 3.63) is 29.8 Å². The fourth-order valence-corrected chi connectivity index (χ4v) is 2.63. The summed E-state index contributed by atoms with van der Waals surface area (Å²) in [5.41, 5.74) is 1.16. The third-order valence-corrected chi connectivity index (χ3v) is 4.35. The molecule has 0 aliphatic rings. The maximum absolute atomic E-state index is 11.0. The van der Waals surface area contributed by atoms with Crippen LogP contribution in [0, 0.1) is 0 Å². The highest BCUT2D eigenvalue weighted by molar-refractivity contribution is 14.0. The Kier molecular flexibility index (Phi) is 13.4. The van der Waals surface area contributed by atoms with Crippen LogP contribution in [0.5, 0.6) is 5.75 Å². The molecule has 0 amide bonds. The van der Waals surface area contributed by atoms with Crippen LogP contribution in [0.1, 0.15) is 19.4 Å². The van der Waals surface area contributed by atoms with Gasteiger partial charge in [0.1, 0.15) is 15.6 Å². The second-order valence-corrected chi connectivity index (χ2v) is 8.17. The standard InChI is InChI=1S/C18H31N3O4S.HI/c1-5-19-18(20-11-12-24-13-14-26(4,22)23)21(3)15-16-7-9-17(10-8-16)25-6-2;/h7-10H,5-6,11-15H2,1-4H3,(H,19,20);1H. The number of nitrogens with one attached hydrogen (secondary N) is 1. The van der Waals surface area contributed by atoms with E-state index in [0.717, 1.165) is 23.8 Å². The van der Waals surface area contributed by atoms with Gasteiger partial charge in [-0.25, -0.2) is 8.42 Å². The third kappa shape index (κ3) is 12.1. The average Bonchev–Trinajstić information content (AvgIpc) is 2.58. The molecule has 0 spiro atoms. The van der Waals surface area contributed by atoms with Crippen molar-refractivity contribution in [1.29, 1.82) is 0 Å². The minimum Gasteiger partial charge on any atom is -0.494 e. The van der Waals surface area contributed by atoms with Crippen molar-refractivity contribution in [3.63, 3.8) is 0 Å². The van der Waals surface area contributed by atoms with Crippen LogP contribution >= 0.6 is 24.0 Å². The molecular weight excluding hydrogens is 481 g/mol. The van der Waals surface area contributed by atoms with E-state index < -0.39 is 9.84 Å². The molecule has 0 atom stereocenters. The summed E-state index contributed by atoms with van der Waals surface area (Å²) in [5, 5.41) is 3.25. The number of aliphatic imine (C=N–C) groups is 1. The van der Waals surface area contributed by atoms with Gasteiger partial charge in [0.05, 0.1) is 32.1 Å². The molecule has 0 aromatic heterocycles. The first-order chi connectivity index (χ1) is 12.4. The summed E-state index contributed by atoms with van der Waals surface area (Å²) < 4.78 is 32.9. The van der Waals surface area contributed by atoms with Crippen LogP contribution in [0.4, 0.5) is 0 Å². The molecule has 1 rings (SSSR count). The van der Waals surface area contributed by atoms with Crippen LogP contribution in [0.15, 0.2) is 29.3 Å². The van der Waals surface area contributed by atoms with Crippen molar-refractivity contribution in [1.82, 2.24) is 10.2 Å². The summed E-state index contributed by atoms with van der Waals surface area (Å²) in [5.74, 6) is 1.69. The van der Waals surface area contributed by atoms with Crippen LogP contribution in [0.2, 0.25) is 0 Å². The van der Waals surface area contributed by atoms with E-state index in [9.17, 15) is 8.42 Å². The third-order valence-electron chi connectivity index (χ3n) is 3.45. The number of halogens is 1.